The molecule has 0 unspecified atom stereocenters. The number of hydrogen-bond donors (Lipinski definition) is 1. The second-order valence-electron chi connectivity index (χ2n) is 10.5. The molecule has 1 N–H and O–H groups in total. The molecule has 0 aliphatic carbocycles. The fourth-order valence-corrected chi connectivity index (χ4v) is 5.98. The number of aromatic amines is 1. The molecule has 6 rings (SSSR count). The minimum absolute atomic E-state index is 0.0139. The van der Waals surface area contributed by atoms with Crippen molar-refractivity contribution in [3.8, 4) is 6.01 Å². The summed E-state index contributed by atoms with van der Waals surface area (Å²) in [6, 6.07) is 7.13. The van der Waals surface area contributed by atoms with Gasteiger partial charge in [0.05, 0.1) is 24.0 Å². The van der Waals surface area contributed by atoms with Crippen LogP contribution in [-0.2, 0) is 17.8 Å². The van der Waals surface area contributed by atoms with Crippen molar-refractivity contribution in [1.82, 2.24) is 30.0 Å². The minimum atomic E-state index is -0.0139. The van der Waals surface area contributed by atoms with Gasteiger partial charge in [-0.05, 0) is 57.5 Å². The Morgan fingerprint density at radius 2 is 2.00 bits per heavy atom. The quantitative estimate of drug-likeness (QED) is 0.500. The van der Waals surface area contributed by atoms with E-state index in [9.17, 15) is 4.79 Å². The number of anilines is 2. The van der Waals surface area contributed by atoms with Gasteiger partial charge in [0.15, 0.2) is 0 Å². The van der Waals surface area contributed by atoms with E-state index in [-0.39, 0.29) is 5.91 Å². The number of fused-ring (bicyclic) bond motifs is 2. The number of rotatable bonds is 6. The maximum Gasteiger partial charge on any atom is 0.318 e. The van der Waals surface area contributed by atoms with Crippen molar-refractivity contribution >= 4 is 28.3 Å². The van der Waals surface area contributed by atoms with Crippen LogP contribution in [0.25, 0.3) is 10.9 Å². The van der Waals surface area contributed by atoms with Gasteiger partial charge in [0.25, 0.3) is 0 Å². The maximum atomic E-state index is 12.2. The number of likely N-dealkylation sites (N-methyl/N-ethyl adjacent to an activating group) is 1. The van der Waals surface area contributed by atoms with Gasteiger partial charge in [0.2, 0.25) is 5.91 Å². The zero-order valence-corrected chi connectivity index (χ0v) is 22.1. The van der Waals surface area contributed by atoms with Crippen LogP contribution in [0.2, 0.25) is 0 Å². The third-order valence-electron chi connectivity index (χ3n) is 8.19. The molecule has 0 saturated carbocycles. The average Bonchev–Trinajstić information content (AvgIpc) is 3.54. The molecule has 3 aliphatic rings. The van der Waals surface area contributed by atoms with E-state index in [1.54, 1.807) is 0 Å². The summed E-state index contributed by atoms with van der Waals surface area (Å²) >= 11 is 0. The van der Waals surface area contributed by atoms with Crippen LogP contribution in [0.5, 0.6) is 6.01 Å². The lowest BCUT2D eigenvalue weighted by Gasteiger charge is -2.36. The highest BCUT2D eigenvalue weighted by molar-refractivity contribution is 5.91. The molecule has 38 heavy (non-hydrogen) atoms. The van der Waals surface area contributed by atoms with E-state index < -0.39 is 0 Å². The zero-order valence-electron chi connectivity index (χ0n) is 22.1. The number of benzene rings is 1. The summed E-state index contributed by atoms with van der Waals surface area (Å²) in [7, 11) is 2.16. The molecule has 10 heteroatoms. The Morgan fingerprint density at radius 3 is 2.79 bits per heavy atom. The predicted octanol–water partition coefficient (Wildman–Crippen LogP) is 2.61. The Labute approximate surface area is 223 Å². The lowest BCUT2D eigenvalue weighted by Crippen LogP contribution is -2.49. The van der Waals surface area contributed by atoms with Crippen molar-refractivity contribution in [2.24, 2.45) is 0 Å². The number of nitrogens with zero attached hydrogens (tertiary/aromatic N) is 7. The smallest absolute Gasteiger partial charge is 0.318 e. The van der Waals surface area contributed by atoms with Crippen molar-refractivity contribution in [1.29, 1.82) is 0 Å². The van der Waals surface area contributed by atoms with Crippen LogP contribution in [0.1, 0.15) is 30.5 Å². The van der Waals surface area contributed by atoms with Gasteiger partial charge < -0.3 is 24.3 Å². The molecular weight excluding hydrogens is 480 g/mol. The summed E-state index contributed by atoms with van der Waals surface area (Å²) < 4.78 is 6.27. The summed E-state index contributed by atoms with van der Waals surface area (Å²) in [5.41, 5.74) is 4.41. The van der Waals surface area contributed by atoms with E-state index in [1.165, 1.54) is 18.1 Å². The molecule has 1 amide bonds. The van der Waals surface area contributed by atoms with E-state index in [4.69, 9.17) is 14.7 Å². The van der Waals surface area contributed by atoms with Crippen LogP contribution < -0.4 is 14.5 Å². The Morgan fingerprint density at radius 1 is 1.13 bits per heavy atom. The highest BCUT2D eigenvalue weighted by atomic mass is 16.5. The number of likely N-dealkylation sites (tertiary alicyclic amines) is 1. The topological polar surface area (TPSA) is 93.7 Å². The number of carbonyl (C=O) groups is 1. The van der Waals surface area contributed by atoms with Crippen LogP contribution in [0.15, 0.2) is 37.1 Å². The second-order valence-corrected chi connectivity index (χ2v) is 10.5. The van der Waals surface area contributed by atoms with E-state index in [0.29, 0.717) is 38.3 Å². The number of carbonyl (C=O) groups excluding carboxylic acids is 1. The Balaban J connectivity index is 1.31. The Bertz CT molecular complexity index is 1320. The SMILES string of the molecule is C=CC(=O)N1CCN(c2nc(OC[C@@H]3CCCN3C)nc3c2CCCN(c2cccc4[nH]ncc24)C3)CC1. The van der Waals surface area contributed by atoms with Crippen molar-refractivity contribution < 1.29 is 9.53 Å². The van der Waals surface area contributed by atoms with E-state index in [0.717, 1.165) is 73.5 Å². The van der Waals surface area contributed by atoms with Gasteiger partial charge in [0.1, 0.15) is 12.4 Å². The van der Waals surface area contributed by atoms with Gasteiger partial charge in [0, 0.05) is 55.4 Å². The molecule has 1 aromatic carbocycles. The maximum absolute atomic E-state index is 12.2. The van der Waals surface area contributed by atoms with Crippen LogP contribution in [0.4, 0.5) is 11.5 Å². The predicted molar refractivity (Wildman–Crippen MR) is 148 cm³/mol. The molecular formula is C28H36N8O2. The minimum Gasteiger partial charge on any atom is -0.462 e. The molecule has 1 atom stereocenters. The molecule has 0 spiro atoms. The number of amides is 1. The van der Waals surface area contributed by atoms with Gasteiger partial charge in [-0.25, -0.2) is 0 Å². The van der Waals surface area contributed by atoms with Crippen molar-refractivity contribution in [3.63, 3.8) is 0 Å². The fourth-order valence-electron chi connectivity index (χ4n) is 5.98. The number of piperazine rings is 1. The van der Waals surface area contributed by atoms with Gasteiger partial charge in [-0.3, -0.25) is 9.89 Å². The van der Waals surface area contributed by atoms with E-state index in [2.05, 4.69) is 56.7 Å². The van der Waals surface area contributed by atoms with Crippen molar-refractivity contribution in [2.45, 2.75) is 38.3 Å². The number of ether oxygens (including phenoxy) is 1. The van der Waals surface area contributed by atoms with E-state index >= 15 is 0 Å². The van der Waals surface area contributed by atoms with Crippen LogP contribution in [0.3, 0.4) is 0 Å². The first-order chi connectivity index (χ1) is 18.6. The highest BCUT2D eigenvalue weighted by Gasteiger charge is 2.29. The lowest BCUT2D eigenvalue weighted by molar-refractivity contribution is -0.126. The van der Waals surface area contributed by atoms with Gasteiger partial charge >= 0.3 is 6.01 Å². The first-order valence-electron chi connectivity index (χ1n) is 13.7. The fraction of sp³-hybridized carbons (Fsp3) is 0.500. The summed E-state index contributed by atoms with van der Waals surface area (Å²) in [5.74, 6) is 0.943. The van der Waals surface area contributed by atoms with Crippen LogP contribution >= 0.6 is 0 Å². The standard InChI is InChI=1S/C28H36N8O2/c1-3-26(37)34-13-15-35(16-14-34)27-21-8-6-12-36(25-10-4-9-23-22(25)17-29-32-23)18-24(21)30-28(31-27)38-19-20-7-5-11-33(20)2/h3-4,9-10,17,20H,1,5-8,11-16,18-19H2,2H3,(H,29,32)/t20-/m0/s1. The van der Waals surface area contributed by atoms with Gasteiger partial charge in [-0.1, -0.05) is 12.6 Å². The number of nitrogens with one attached hydrogen (secondary N) is 1. The molecule has 5 heterocycles. The van der Waals surface area contributed by atoms with Crippen LogP contribution in [0, 0.1) is 0 Å². The summed E-state index contributed by atoms with van der Waals surface area (Å²) in [6.45, 7) is 9.71. The third-order valence-corrected chi connectivity index (χ3v) is 8.19. The Kier molecular flexibility index (Phi) is 6.88. The molecule has 2 saturated heterocycles. The largest absolute Gasteiger partial charge is 0.462 e. The molecule has 10 nitrogen and oxygen atoms in total. The summed E-state index contributed by atoms with van der Waals surface area (Å²) in [5, 5.41) is 8.47. The first kappa shape index (κ1) is 24.7. The third kappa shape index (κ3) is 4.80. The lowest BCUT2D eigenvalue weighted by atomic mass is 10.1. The number of H-pyrrole nitrogens is 1. The molecule has 2 aromatic heterocycles. The number of aromatic nitrogens is 4. The molecule has 0 radical (unpaired) electrons. The van der Waals surface area contributed by atoms with Gasteiger partial charge in [-0.15, -0.1) is 0 Å². The summed E-state index contributed by atoms with van der Waals surface area (Å²) in [6.07, 6.45) is 7.53. The monoisotopic (exact) mass is 516 g/mol. The molecule has 0 bridgehead atoms. The van der Waals surface area contributed by atoms with Crippen molar-refractivity contribution in [2.75, 3.05) is 62.7 Å². The molecule has 2 fully saturated rings. The molecule has 3 aliphatic heterocycles. The van der Waals surface area contributed by atoms with Crippen molar-refractivity contribution in [3.05, 3.63) is 48.3 Å². The average molecular weight is 517 g/mol. The first-order valence-corrected chi connectivity index (χ1v) is 13.7. The van der Waals surface area contributed by atoms with Gasteiger partial charge in [-0.2, -0.15) is 15.1 Å². The van der Waals surface area contributed by atoms with Crippen LogP contribution in [-0.4, -0.2) is 94.8 Å². The zero-order chi connectivity index (χ0) is 26.1. The summed E-state index contributed by atoms with van der Waals surface area (Å²) in [4.78, 5) is 31.0. The number of hydrogen-bond acceptors (Lipinski definition) is 8. The Hall–Kier alpha value is -3.66. The highest BCUT2D eigenvalue weighted by Crippen LogP contribution is 2.33. The van der Waals surface area contributed by atoms with E-state index in [1.807, 2.05) is 11.1 Å². The second kappa shape index (κ2) is 10.6. The molecule has 200 valence electrons. The normalized spacial score (nSPS) is 20.4. The molecule has 3 aromatic rings.